The van der Waals surface area contributed by atoms with Crippen LogP contribution < -0.4 is 5.32 Å². The fraction of sp³-hybridized carbons (Fsp3) is 1.00. The first-order valence-electron chi connectivity index (χ1n) is 7.24. The first kappa shape index (κ1) is 13.3. The summed E-state index contributed by atoms with van der Waals surface area (Å²) in [6.07, 6.45) is 6.61. The van der Waals surface area contributed by atoms with Gasteiger partial charge in [-0.05, 0) is 51.2 Å². The van der Waals surface area contributed by atoms with Crippen molar-refractivity contribution in [2.24, 2.45) is 5.41 Å². The van der Waals surface area contributed by atoms with Crippen molar-refractivity contribution in [2.75, 3.05) is 39.9 Å². The molecule has 0 aromatic rings. The highest BCUT2D eigenvalue weighted by atomic mass is 16.5. The van der Waals surface area contributed by atoms with E-state index in [0.29, 0.717) is 11.5 Å². The maximum Gasteiger partial charge on any atom is 0.0622 e. The molecule has 2 aliphatic rings. The molecule has 2 fully saturated rings. The molecule has 2 heterocycles. The van der Waals surface area contributed by atoms with Gasteiger partial charge in [-0.3, -0.25) is 0 Å². The minimum atomic E-state index is 0.567. The third kappa shape index (κ3) is 3.43. The minimum Gasteiger partial charge on any atom is -0.380 e. The summed E-state index contributed by atoms with van der Waals surface area (Å²) in [5.41, 5.74) is 0.567. The molecule has 0 aromatic carbocycles. The summed E-state index contributed by atoms with van der Waals surface area (Å²) in [7, 11) is 2.29. The monoisotopic (exact) mass is 240 g/mol. The Morgan fingerprint density at radius 3 is 2.71 bits per heavy atom. The van der Waals surface area contributed by atoms with E-state index in [1.165, 1.54) is 51.7 Å². The second-order valence-corrected chi connectivity index (χ2v) is 5.93. The average Bonchev–Trinajstić information content (AvgIpc) is 2.84. The molecule has 2 rings (SSSR count). The number of hydrogen-bond acceptors (Lipinski definition) is 3. The van der Waals surface area contributed by atoms with Crippen LogP contribution in [0.5, 0.6) is 0 Å². The van der Waals surface area contributed by atoms with Crippen LogP contribution in [0.15, 0.2) is 0 Å². The minimum absolute atomic E-state index is 0.567. The predicted octanol–water partition coefficient (Wildman–Crippen LogP) is 1.88. The Morgan fingerprint density at radius 1 is 1.35 bits per heavy atom. The summed E-state index contributed by atoms with van der Waals surface area (Å²) in [5, 5.41) is 3.50. The summed E-state index contributed by atoms with van der Waals surface area (Å²) < 4.78 is 5.51. The molecule has 0 radical (unpaired) electrons. The number of piperidine rings is 1. The second-order valence-electron chi connectivity index (χ2n) is 5.93. The van der Waals surface area contributed by atoms with Gasteiger partial charge < -0.3 is 15.0 Å². The summed E-state index contributed by atoms with van der Waals surface area (Å²) in [6.45, 7) is 7.89. The van der Waals surface area contributed by atoms with E-state index < -0.39 is 0 Å². The van der Waals surface area contributed by atoms with E-state index in [0.717, 1.165) is 13.2 Å². The molecule has 2 aliphatic heterocycles. The van der Waals surface area contributed by atoms with Gasteiger partial charge in [0.2, 0.25) is 0 Å². The lowest BCUT2D eigenvalue weighted by atomic mass is 9.75. The van der Waals surface area contributed by atoms with Crippen LogP contribution in [0.3, 0.4) is 0 Å². The highest BCUT2D eigenvalue weighted by molar-refractivity contribution is 4.88. The quantitative estimate of drug-likeness (QED) is 0.794. The Labute approximate surface area is 106 Å². The van der Waals surface area contributed by atoms with Crippen LogP contribution in [0.1, 0.15) is 39.0 Å². The highest BCUT2D eigenvalue weighted by Gasteiger charge is 2.34. The predicted molar refractivity (Wildman–Crippen MR) is 71.3 cm³/mol. The fourth-order valence-corrected chi connectivity index (χ4v) is 3.50. The first-order valence-corrected chi connectivity index (χ1v) is 7.24. The molecule has 0 aliphatic carbocycles. The van der Waals surface area contributed by atoms with Gasteiger partial charge in [-0.25, -0.2) is 0 Å². The molecule has 2 saturated heterocycles. The van der Waals surface area contributed by atoms with E-state index in [1.54, 1.807) is 0 Å². The number of nitrogens with one attached hydrogen (secondary N) is 1. The van der Waals surface area contributed by atoms with Gasteiger partial charge in [-0.2, -0.15) is 0 Å². The van der Waals surface area contributed by atoms with Crippen LogP contribution in [-0.2, 0) is 4.74 Å². The number of rotatable bonds is 5. The van der Waals surface area contributed by atoms with Crippen molar-refractivity contribution in [2.45, 2.75) is 45.1 Å². The van der Waals surface area contributed by atoms with Crippen molar-refractivity contribution in [3.05, 3.63) is 0 Å². The van der Waals surface area contributed by atoms with Gasteiger partial charge in [0, 0.05) is 19.2 Å². The normalized spacial score (nSPS) is 28.8. The van der Waals surface area contributed by atoms with E-state index in [-0.39, 0.29) is 0 Å². The van der Waals surface area contributed by atoms with Gasteiger partial charge in [-0.15, -0.1) is 0 Å². The van der Waals surface area contributed by atoms with Gasteiger partial charge in [0.25, 0.3) is 0 Å². The van der Waals surface area contributed by atoms with Crippen molar-refractivity contribution in [1.29, 1.82) is 0 Å². The van der Waals surface area contributed by atoms with E-state index in [2.05, 4.69) is 24.2 Å². The van der Waals surface area contributed by atoms with Crippen LogP contribution in [-0.4, -0.2) is 50.8 Å². The van der Waals surface area contributed by atoms with Gasteiger partial charge in [0.1, 0.15) is 0 Å². The molecule has 100 valence electrons. The molecule has 1 N–H and O–H groups in total. The summed E-state index contributed by atoms with van der Waals surface area (Å²) in [4.78, 5) is 2.56. The maximum absolute atomic E-state index is 5.51. The van der Waals surface area contributed by atoms with Gasteiger partial charge in [0.05, 0.1) is 6.61 Å². The number of hydrogen-bond donors (Lipinski definition) is 1. The van der Waals surface area contributed by atoms with Crippen molar-refractivity contribution in [3.8, 4) is 0 Å². The smallest absolute Gasteiger partial charge is 0.0622 e. The molecule has 0 aromatic heterocycles. The second kappa shape index (κ2) is 6.17. The third-order valence-electron chi connectivity index (χ3n) is 4.56. The molecule has 0 spiro atoms. The van der Waals surface area contributed by atoms with Crippen molar-refractivity contribution < 1.29 is 4.74 Å². The Morgan fingerprint density at radius 2 is 2.12 bits per heavy atom. The molecule has 1 unspecified atom stereocenters. The topological polar surface area (TPSA) is 24.5 Å². The molecule has 3 nitrogen and oxygen atoms in total. The van der Waals surface area contributed by atoms with Gasteiger partial charge >= 0.3 is 0 Å². The van der Waals surface area contributed by atoms with E-state index in [9.17, 15) is 0 Å². The van der Waals surface area contributed by atoms with Crippen LogP contribution in [0.25, 0.3) is 0 Å². The molecule has 3 heteroatoms. The van der Waals surface area contributed by atoms with Crippen molar-refractivity contribution in [1.82, 2.24) is 10.2 Å². The van der Waals surface area contributed by atoms with Crippen LogP contribution in [0, 0.1) is 5.41 Å². The lowest BCUT2D eigenvalue weighted by Crippen LogP contribution is -2.46. The molecular weight excluding hydrogens is 212 g/mol. The molecule has 0 saturated carbocycles. The first-order chi connectivity index (χ1) is 8.26. The number of likely N-dealkylation sites (N-methyl/N-ethyl adjacent to an activating group) is 1. The van der Waals surface area contributed by atoms with Crippen molar-refractivity contribution >= 4 is 0 Å². The largest absolute Gasteiger partial charge is 0.380 e. The molecular formula is C14H28N2O. The summed E-state index contributed by atoms with van der Waals surface area (Å²) >= 11 is 0. The highest BCUT2D eigenvalue weighted by Crippen LogP contribution is 2.35. The zero-order chi connectivity index (χ0) is 12.1. The molecule has 1 atom stereocenters. The molecule has 0 amide bonds. The molecule has 17 heavy (non-hydrogen) atoms. The third-order valence-corrected chi connectivity index (χ3v) is 4.56. The maximum atomic E-state index is 5.51. The van der Waals surface area contributed by atoms with E-state index >= 15 is 0 Å². The SMILES string of the molecule is CCCC1(CN(C)C2CCOC2)CCNCC1. The van der Waals surface area contributed by atoms with E-state index in [1.807, 2.05) is 0 Å². The Hall–Kier alpha value is -0.120. The van der Waals surface area contributed by atoms with Gasteiger partial charge in [0.15, 0.2) is 0 Å². The lowest BCUT2D eigenvalue weighted by Gasteiger charge is -2.42. The summed E-state index contributed by atoms with van der Waals surface area (Å²) in [6, 6.07) is 0.665. The van der Waals surface area contributed by atoms with Crippen molar-refractivity contribution in [3.63, 3.8) is 0 Å². The zero-order valence-electron chi connectivity index (χ0n) is 11.5. The zero-order valence-corrected chi connectivity index (χ0v) is 11.5. The number of ether oxygens (including phenoxy) is 1. The van der Waals surface area contributed by atoms with Crippen LogP contribution >= 0.6 is 0 Å². The van der Waals surface area contributed by atoms with E-state index in [4.69, 9.17) is 4.74 Å². The van der Waals surface area contributed by atoms with Crippen LogP contribution in [0.4, 0.5) is 0 Å². The Kier molecular flexibility index (Phi) is 4.83. The summed E-state index contributed by atoms with van der Waals surface area (Å²) in [5.74, 6) is 0. The Balaban J connectivity index is 1.91. The Bertz CT molecular complexity index is 215. The lowest BCUT2D eigenvalue weighted by molar-refractivity contribution is 0.0830. The number of nitrogens with zero attached hydrogens (tertiary/aromatic N) is 1. The fourth-order valence-electron chi connectivity index (χ4n) is 3.50. The average molecular weight is 240 g/mol. The van der Waals surface area contributed by atoms with Gasteiger partial charge in [-0.1, -0.05) is 13.3 Å². The standard InChI is InChI=1S/C14H28N2O/c1-3-5-14(6-8-15-9-7-14)12-16(2)13-4-10-17-11-13/h13,15H,3-12H2,1-2H3. The molecule has 0 bridgehead atoms. The van der Waals surface area contributed by atoms with Crippen LogP contribution in [0.2, 0.25) is 0 Å².